The van der Waals surface area contributed by atoms with Crippen LogP contribution in [0.3, 0.4) is 0 Å². The molecule has 0 unspecified atom stereocenters. The normalized spacial score (nSPS) is 19.7. The Kier molecular flexibility index (Phi) is 2.69. The molecule has 2 aliphatic rings. The molecule has 0 aliphatic carbocycles. The van der Waals surface area contributed by atoms with Gasteiger partial charge in [0.05, 0.1) is 35.9 Å². The van der Waals surface area contributed by atoms with Gasteiger partial charge in [0.1, 0.15) is 0 Å². The Morgan fingerprint density at radius 2 is 2.20 bits per heavy atom. The van der Waals surface area contributed by atoms with Crippen LogP contribution in [0.1, 0.15) is 18.9 Å². The van der Waals surface area contributed by atoms with E-state index in [2.05, 4.69) is 18.7 Å². The smallest absolute Gasteiger partial charge is 0.227 e. The largest absolute Gasteiger partial charge is 0.350 e. The number of aromatic nitrogens is 4. The molecule has 0 radical (unpaired) electrons. The van der Waals surface area contributed by atoms with Crippen molar-refractivity contribution in [1.29, 1.82) is 0 Å². The highest BCUT2D eigenvalue weighted by molar-refractivity contribution is 6.99. The summed E-state index contributed by atoms with van der Waals surface area (Å²) in [5.74, 6) is 1.14. The first-order chi connectivity index (χ1) is 9.81. The molecule has 20 heavy (non-hydrogen) atoms. The fourth-order valence-corrected chi connectivity index (χ4v) is 3.13. The van der Waals surface area contributed by atoms with Crippen molar-refractivity contribution in [2.45, 2.75) is 18.9 Å². The van der Waals surface area contributed by atoms with Crippen molar-refractivity contribution >= 4 is 29.1 Å². The molecule has 4 rings (SSSR count). The van der Waals surface area contributed by atoms with E-state index in [1.54, 1.807) is 12.4 Å². The number of carbonyl (C=O) groups excluding carboxylic acids is 1. The Bertz CT molecular complexity index is 618. The number of nitrogens with zero attached hydrogens (tertiary/aromatic N) is 6. The minimum Gasteiger partial charge on any atom is -0.350 e. The second kappa shape index (κ2) is 4.55. The summed E-state index contributed by atoms with van der Waals surface area (Å²) in [4.78, 5) is 15.7. The highest BCUT2D eigenvalue weighted by Crippen LogP contribution is 2.28. The maximum absolute atomic E-state index is 11.7. The monoisotopic (exact) mass is 290 g/mol. The lowest BCUT2D eigenvalue weighted by Gasteiger charge is -2.39. The summed E-state index contributed by atoms with van der Waals surface area (Å²) in [5.41, 5.74) is 0.918. The van der Waals surface area contributed by atoms with E-state index in [-0.39, 0.29) is 5.91 Å². The second-order valence-electron chi connectivity index (χ2n) is 5.15. The van der Waals surface area contributed by atoms with Gasteiger partial charge in [-0.25, -0.2) is 0 Å². The molecule has 2 saturated heterocycles. The van der Waals surface area contributed by atoms with E-state index in [0.29, 0.717) is 12.5 Å². The molecule has 0 aromatic carbocycles. The summed E-state index contributed by atoms with van der Waals surface area (Å²) in [6.45, 7) is 2.59. The zero-order valence-corrected chi connectivity index (χ0v) is 11.7. The van der Waals surface area contributed by atoms with Crippen molar-refractivity contribution in [3.63, 3.8) is 0 Å². The van der Waals surface area contributed by atoms with Crippen molar-refractivity contribution in [3.8, 4) is 0 Å². The molecule has 2 fully saturated rings. The van der Waals surface area contributed by atoms with E-state index < -0.39 is 0 Å². The average Bonchev–Trinajstić information content (AvgIpc) is 3.07. The molecule has 0 bridgehead atoms. The average molecular weight is 290 g/mol. The van der Waals surface area contributed by atoms with Gasteiger partial charge in [-0.3, -0.25) is 9.48 Å². The summed E-state index contributed by atoms with van der Waals surface area (Å²) in [7, 11) is 0. The maximum Gasteiger partial charge on any atom is 0.227 e. The number of rotatable bonds is 3. The number of carbonyl (C=O) groups is 1. The zero-order valence-electron chi connectivity index (χ0n) is 10.8. The lowest BCUT2D eigenvalue weighted by molar-refractivity contribution is -0.117. The quantitative estimate of drug-likeness (QED) is 0.841. The Hall–Kier alpha value is -1.96. The van der Waals surface area contributed by atoms with Crippen molar-refractivity contribution < 1.29 is 4.79 Å². The van der Waals surface area contributed by atoms with Gasteiger partial charge in [-0.15, -0.1) is 0 Å². The molecule has 104 valence electrons. The first kappa shape index (κ1) is 11.8. The van der Waals surface area contributed by atoms with Crippen LogP contribution in [0.5, 0.6) is 0 Å². The second-order valence-corrected chi connectivity index (χ2v) is 5.71. The molecule has 0 spiro atoms. The minimum absolute atomic E-state index is 0.202. The Balaban J connectivity index is 1.44. The molecule has 0 saturated carbocycles. The molecule has 2 aliphatic heterocycles. The van der Waals surface area contributed by atoms with E-state index in [1.807, 2.05) is 15.8 Å². The molecule has 7 nitrogen and oxygen atoms in total. The van der Waals surface area contributed by atoms with Crippen LogP contribution in [0.15, 0.2) is 18.6 Å². The first-order valence-electron chi connectivity index (χ1n) is 6.68. The van der Waals surface area contributed by atoms with E-state index in [4.69, 9.17) is 0 Å². The summed E-state index contributed by atoms with van der Waals surface area (Å²) < 4.78 is 10.2. The van der Waals surface area contributed by atoms with Crippen molar-refractivity contribution in [2.75, 3.05) is 29.4 Å². The van der Waals surface area contributed by atoms with Gasteiger partial charge in [0, 0.05) is 32.3 Å². The van der Waals surface area contributed by atoms with Gasteiger partial charge in [-0.05, 0) is 6.42 Å². The van der Waals surface area contributed by atoms with E-state index >= 15 is 0 Å². The molecular weight excluding hydrogens is 276 g/mol. The summed E-state index contributed by atoms with van der Waals surface area (Å²) >= 11 is 1.23. The molecule has 8 heteroatoms. The molecule has 2 aromatic heterocycles. The number of hydrogen-bond donors (Lipinski definition) is 0. The lowest BCUT2D eigenvalue weighted by Crippen LogP contribution is -2.48. The van der Waals surface area contributed by atoms with Crippen LogP contribution in [0.2, 0.25) is 0 Å². The van der Waals surface area contributed by atoms with Gasteiger partial charge in [-0.2, -0.15) is 13.8 Å². The molecule has 4 heterocycles. The van der Waals surface area contributed by atoms with Gasteiger partial charge >= 0.3 is 0 Å². The third-order valence-corrected chi connectivity index (χ3v) is 4.35. The standard InChI is InChI=1S/C12H14N6OS/c19-12-2-1-3-17(12)9-4-13-18(8-9)10-6-16(7-10)11-5-14-20-15-11/h4-5,8,10H,1-3,6-7H2. The zero-order chi connectivity index (χ0) is 13.5. The van der Waals surface area contributed by atoms with E-state index in [0.717, 1.165) is 37.6 Å². The molecule has 2 aromatic rings. The van der Waals surface area contributed by atoms with Gasteiger partial charge in [0.2, 0.25) is 5.91 Å². The van der Waals surface area contributed by atoms with Crippen molar-refractivity contribution in [3.05, 3.63) is 18.6 Å². The van der Waals surface area contributed by atoms with Crippen LogP contribution >= 0.6 is 11.7 Å². The fraction of sp³-hybridized carbons (Fsp3) is 0.500. The number of hydrogen-bond acceptors (Lipinski definition) is 6. The van der Waals surface area contributed by atoms with Crippen molar-refractivity contribution in [2.24, 2.45) is 0 Å². The van der Waals surface area contributed by atoms with E-state index in [9.17, 15) is 4.79 Å². The van der Waals surface area contributed by atoms with Crippen LogP contribution in [-0.4, -0.2) is 44.1 Å². The highest BCUT2D eigenvalue weighted by Gasteiger charge is 2.31. The lowest BCUT2D eigenvalue weighted by atomic mass is 10.1. The Morgan fingerprint density at radius 3 is 2.90 bits per heavy atom. The fourth-order valence-electron chi connectivity index (χ4n) is 2.70. The van der Waals surface area contributed by atoms with Gasteiger partial charge < -0.3 is 9.80 Å². The van der Waals surface area contributed by atoms with Crippen LogP contribution in [0.4, 0.5) is 11.5 Å². The summed E-state index contributed by atoms with van der Waals surface area (Å²) in [6, 6.07) is 0.350. The van der Waals surface area contributed by atoms with E-state index in [1.165, 1.54) is 11.7 Å². The van der Waals surface area contributed by atoms with Gasteiger partial charge in [-0.1, -0.05) is 0 Å². The van der Waals surface area contributed by atoms with Gasteiger partial charge in [0.25, 0.3) is 0 Å². The summed E-state index contributed by atoms with van der Waals surface area (Å²) in [5, 5.41) is 4.40. The Labute approximate surface area is 120 Å². The first-order valence-corrected chi connectivity index (χ1v) is 7.41. The van der Waals surface area contributed by atoms with Crippen LogP contribution < -0.4 is 9.80 Å². The maximum atomic E-state index is 11.7. The molecule has 0 N–H and O–H groups in total. The van der Waals surface area contributed by atoms with Crippen LogP contribution in [-0.2, 0) is 4.79 Å². The highest BCUT2D eigenvalue weighted by atomic mass is 32.1. The molecular formula is C12H14N6OS. The molecule has 1 amide bonds. The Morgan fingerprint density at radius 1 is 1.30 bits per heavy atom. The number of amides is 1. The molecule has 0 atom stereocenters. The predicted octanol–water partition coefficient (Wildman–Crippen LogP) is 0.923. The van der Waals surface area contributed by atoms with Crippen LogP contribution in [0, 0.1) is 0 Å². The topological polar surface area (TPSA) is 67.2 Å². The minimum atomic E-state index is 0.202. The predicted molar refractivity (Wildman–Crippen MR) is 75.0 cm³/mol. The summed E-state index contributed by atoms with van der Waals surface area (Å²) in [6.07, 6.45) is 7.15. The SMILES string of the molecule is O=C1CCCN1c1cnn(C2CN(c3cnsn3)C2)c1. The van der Waals surface area contributed by atoms with Crippen LogP contribution in [0.25, 0.3) is 0 Å². The van der Waals surface area contributed by atoms with Crippen molar-refractivity contribution in [1.82, 2.24) is 18.5 Å². The third-order valence-electron chi connectivity index (χ3n) is 3.88. The third kappa shape index (κ3) is 1.87. The number of anilines is 2. The van der Waals surface area contributed by atoms with Gasteiger partial charge in [0.15, 0.2) is 5.82 Å².